The highest BCUT2D eigenvalue weighted by atomic mass is 16.5. The van der Waals surface area contributed by atoms with Crippen molar-refractivity contribution >= 4 is 17.6 Å². The molecule has 3 rings (SSSR count). The number of nitrogens with zero attached hydrogens (tertiary/aromatic N) is 3. The molecule has 1 aromatic carbocycles. The molecular weight excluding hydrogens is 488 g/mol. The van der Waals surface area contributed by atoms with Gasteiger partial charge in [-0.1, -0.05) is 43.8 Å². The van der Waals surface area contributed by atoms with Gasteiger partial charge in [0.1, 0.15) is 12.6 Å². The predicted molar refractivity (Wildman–Crippen MR) is 144 cm³/mol. The summed E-state index contributed by atoms with van der Waals surface area (Å²) in [5.74, 6) is 0.0659. The Labute approximate surface area is 223 Å². The second-order valence-corrected chi connectivity index (χ2v) is 9.30. The number of nitrogens with one attached hydrogen (secondary N) is 2. The molecule has 0 aliphatic carbocycles. The summed E-state index contributed by atoms with van der Waals surface area (Å²) in [6.07, 6.45) is 1.72. The van der Waals surface area contributed by atoms with Crippen molar-refractivity contribution in [3.05, 3.63) is 65.6 Å². The molecule has 0 spiro atoms. The van der Waals surface area contributed by atoms with Crippen LogP contribution in [0.3, 0.4) is 0 Å². The lowest BCUT2D eigenvalue weighted by Gasteiger charge is -2.24. The first-order valence-corrected chi connectivity index (χ1v) is 12.4. The molecule has 3 aromatic rings. The fourth-order valence-electron chi connectivity index (χ4n) is 3.56. The molecule has 2 heterocycles. The van der Waals surface area contributed by atoms with Gasteiger partial charge in [0, 0.05) is 13.2 Å². The smallest absolute Gasteiger partial charge is 0.407 e. The maximum atomic E-state index is 12.8. The minimum absolute atomic E-state index is 0. The summed E-state index contributed by atoms with van der Waals surface area (Å²) in [5, 5.41) is 23.0. The Morgan fingerprint density at radius 3 is 2.53 bits per heavy atom. The van der Waals surface area contributed by atoms with Gasteiger partial charge in [0.05, 0.1) is 24.4 Å². The second kappa shape index (κ2) is 15.0. The minimum atomic E-state index is -1.11. The van der Waals surface area contributed by atoms with Crippen LogP contribution in [-0.2, 0) is 27.5 Å². The highest BCUT2D eigenvalue weighted by Gasteiger charge is 2.28. The quantitative estimate of drug-likeness (QED) is 0.233. The average molecular weight is 529 g/mol. The standard InChI is InChI=1S/C26H36N6O5.CH4/c1-26(2,27)24(34)29-21(18-36-16-19-10-5-3-6-11-19)23-31-30-22-13-9-12-20(32(22)23)17-37-25(35)28-14-7-4-8-15-33;/h3,5-6,9-13,21,33H,4,7-8,14-18,27H2,1-2H3,(H,28,35)(H,29,34);1H4/t21-;/m1./s1. The van der Waals surface area contributed by atoms with Crippen molar-refractivity contribution < 1.29 is 24.2 Å². The van der Waals surface area contributed by atoms with Gasteiger partial charge in [-0.3, -0.25) is 9.20 Å². The normalized spacial score (nSPS) is 12.0. The third-order valence-electron chi connectivity index (χ3n) is 5.59. The molecule has 1 atom stereocenters. The third-order valence-corrected chi connectivity index (χ3v) is 5.59. The lowest BCUT2D eigenvalue weighted by atomic mass is 10.1. The maximum absolute atomic E-state index is 12.8. The number of aromatic nitrogens is 3. The van der Waals surface area contributed by atoms with Gasteiger partial charge in [-0.05, 0) is 50.8 Å². The Balaban J connectivity index is 0.00000507. The average Bonchev–Trinajstić information content (AvgIpc) is 3.31. The summed E-state index contributed by atoms with van der Waals surface area (Å²) < 4.78 is 13.1. The van der Waals surface area contributed by atoms with E-state index in [0.29, 0.717) is 36.7 Å². The van der Waals surface area contributed by atoms with Crippen LogP contribution < -0.4 is 16.4 Å². The number of ether oxygens (including phenoxy) is 2. The Morgan fingerprint density at radius 2 is 1.82 bits per heavy atom. The first-order chi connectivity index (χ1) is 17.8. The van der Waals surface area contributed by atoms with Gasteiger partial charge in [0.25, 0.3) is 0 Å². The summed E-state index contributed by atoms with van der Waals surface area (Å²) >= 11 is 0. The van der Waals surface area contributed by atoms with Crippen molar-refractivity contribution in [2.45, 2.75) is 65.3 Å². The topological polar surface area (TPSA) is 153 Å². The van der Waals surface area contributed by atoms with Crippen LogP contribution in [0.5, 0.6) is 0 Å². The highest BCUT2D eigenvalue weighted by Crippen LogP contribution is 2.18. The van der Waals surface area contributed by atoms with Gasteiger partial charge in [0.2, 0.25) is 5.91 Å². The molecule has 0 unspecified atom stereocenters. The van der Waals surface area contributed by atoms with Crippen LogP contribution in [0.2, 0.25) is 0 Å². The minimum Gasteiger partial charge on any atom is -0.443 e. The number of carbonyl (C=O) groups excluding carboxylic acids is 2. The SMILES string of the molecule is C.CC(C)(N)C(=O)N[C@H](COCc1ccccc1)c1nnc2cccc(COC(=O)NCCCCCO)n12. The van der Waals surface area contributed by atoms with Gasteiger partial charge in [-0.15, -0.1) is 10.2 Å². The molecule has 11 nitrogen and oxygen atoms in total. The largest absolute Gasteiger partial charge is 0.443 e. The predicted octanol–water partition coefficient (Wildman–Crippen LogP) is 2.87. The highest BCUT2D eigenvalue weighted by molar-refractivity contribution is 5.85. The molecular formula is C27H40N6O5. The molecule has 0 aliphatic heterocycles. The number of carbonyl (C=O) groups is 2. The number of benzene rings is 1. The van der Waals surface area contributed by atoms with Crippen LogP contribution in [0.15, 0.2) is 48.5 Å². The number of nitrogens with two attached hydrogens (primary N) is 1. The zero-order valence-electron chi connectivity index (χ0n) is 21.4. The Kier molecular flexibility index (Phi) is 12.1. The second-order valence-electron chi connectivity index (χ2n) is 9.30. The lowest BCUT2D eigenvalue weighted by Crippen LogP contribution is -2.51. The number of aliphatic hydroxyl groups is 1. The van der Waals surface area contributed by atoms with E-state index in [9.17, 15) is 9.59 Å². The number of pyridine rings is 1. The summed E-state index contributed by atoms with van der Waals surface area (Å²) in [5.41, 5.74) is 7.07. The fourth-order valence-corrected chi connectivity index (χ4v) is 3.56. The van der Waals surface area contributed by atoms with Crippen LogP contribution in [-0.4, -0.2) is 57.0 Å². The first kappa shape index (κ1) is 30.7. The Morgan fingerprint density at radius 1 is 1.05 bits per heavy atom. The van der Waals surface area contributed by atoms with Crippen molar-refractivity contribution in [2.24, 2.45) is 5.73 Å². The van der Waals surface area contributed by atoms with Gasteiger partial charge in [-0.2, -0.15) is 0 Å². The lowest BCUT2D eigenvalue weighted by molar-refractivity contribution is -0.126. The van der Waals surface area contributed by atoms with Gasteiger partial charge >= 0.3 is 6.09 Å². The van der Waals surface area contributed by atoms with E-state index in [-0.39, 0.29) is 33.2 Å². The summed E-state index contributed by atoms with van der Waals surface area (Å²) in [6.45, 7) is 4.28. The van der Waals surface area contributed by atoms with E-state index >= 15 is 0 Å². The molecule has 11 heteroatoms. The number of fused-ring (bicyclic) bond motifs is 1. The molecule has 2 aromatic heterocycles. The number of rotatable bonds is 14. The van der Waals surface area contributed by atoms with Crippen molar-refractivity contribution in [2.75, 3.05) is 19.8 Å². The van der Waals surface area contributed by atoms with Crippen LogP contribution in [0.25, 0.3) is 5.65 Å². The fraction of sp³-hybridized carbons (Fsp3) is 0.481. The van der Waals surface area contributed by atoms with Crippen LogP contribution in [0, 0.1) is 0 Å². The van der Waals surface area contributed by atoms with Crippen molar-refractivity contribution in [3.8, 4) is 0 Å². The molecule has 0 saturated carbocycles. The Hall–Kier alpha value is -3.54. The van der Waals surface area contributed by atoms with Crippen molar-refractivity contribution in [3.63, 3.8) is 0 Å². The molecule has 0 aliphatic rings. The van der Waals surface area contributed by atoms with Gasteiger partial charge < -0.3 is 30.9 Å². The van der Waals surface area contributed by atoms with E-state index in [4.69, 9.17) is 20.3 Å². The summed E-state index contributed by atoms with van der Waals surface area (Å²) in [4.78, 5) is 24.9. The summed E-state index contributed by atoms with van der Waals surface area (Å²) in [7, 11) is 0. The number of alkyl carbamates (subject to hydrolysis) is 1. The van der Waals surface area contributed by atoms with Crippen molar-refractivity contribution in [1.29, 1.82) is 0 Å². The molecule has 2 amide bonds. The monoisotopic (exact) mass is 528 g/mol. The number of hydrogen-bond donors (Lipinski definition) is 4. The number of hydrogen-bond acceptors (Lipinski definition) is 8. The van der Waals surface area contributed by atoms with E-state index in [1.165, 1.54) is 0 Å². The molecule has 38 heavy (non-hydrogen) atoms. The maximum Gasteiger partial charge on any atom is 0.407 e. The van der Waals surface area contributed by atoms with Crippen molar-refractivity contribution in [1.82, 2.24) is 25.2 Å². The van der Waals surface area contributed by atoms with E-state index in [2.05, 4.69) is 20.8 Å². The zero-order valence-corrected chi connectivity index (χ0v) is 21.4. The number of amides is 2. The van der Waals surface area contributed by atoms with E-state index in [1.54, 1.807) is 36.4 Å². The zero-order chi connectivity index (χ0) is 26.7. The van der Waals surface area contributed by atoms with Crippen LogP contribution in [0.4, 0.5) is 4.79 Å². The molecule has 0 saturated heterocycles. The molecule has 208 valence electrons. The van der Waals surface area contributed by atoms with Crippen LogP contribution in [0.1, 0.15) is 63.7 Å². The van der Waals surface area contributed by atoms with E-state index < -0.39 is 17.7 Å². The summed E-state index contributed by atoms with van der Waals surface area (Å²) in [6, 6.07) is 14.4. The van der Waals surface area contributed by atoms with Gasteiger partial charge in [0.15, 0.2) is 11.5 Å². The van der Waals surface area contributed by atoms with Gasteiger partial charge in [-0.25, -0.2) is 4.79 Å². The number of aliphatic hydroxyl groups excluding tert-OH is 1. The van der Waals surface area contributed by atoms with E-state index in [1.807, 2.05) is 30.3 Å². The molecule has 5 N–H and O–H groups in total. The molecule has 0 bridgehead atoms. The number of unbranched alkanes of at least 4 members (excludes halogenated alkanes) is 2. The molecule has 0 radical (unpaired) electrons. The van der Waals surface area contributed by atoms with E-state index in [0.717, 1.165) is 18.4 Å². The Bertz CT molecular complexity index is 1150. The first-order valence-electron chi connectivity index (χ1n) is 12.4. The third kappa shape index (κ3) is 9.09. The molecule has 0 fully saturated rings. The van der Waals surface area contributed by atoms with Crippen LogP contribution >= 0.6 is 0 Å².